The van der Waals surface area contributed by atoms with Crippen molar-refractivity contribution in [3.8, 4) is 0 Å². The number of H-pyrrole nitrogens is 1. The molecular weight excluding hydrogens is 905 g/mol. The third-order valence-electron chi connectivity index (χ3n) is 17.1. The number of aromatic nitrogens is 1. The Labute approximate surface area is 420 Å². The first kappa shape index (κ1) is 54.8. The maximum Gasteiger partial charge on any atom is 0.329 e. The summed E-state index contributed by atoms with van der Waals surface area (Å²) in [5.41, 5.74) is 3.57. The second-order valence-corrected chi connectivity index (χ2v) is 22.0. The number of hydrogen-bond acceptors (Lipinski definition) is 12. The van der Waals surface area contributed by atoms with Gasteiger partial charge in [-0.25, -0.2) is 4.79 Å². The average molecular weight is 987 g/mol. The van der Waals surface area contributed by atoms with E-state index in [0.717, 1.165) is 22.0 Å². The Morgan fingerprint density at radius 1 is 0.845 bits per heavy atom. The van der Waals surface area contributed by atoms with E-state index in [1.165, 1.54) is 12.0 Å². The highest BCUT2D eigenvalue weighted by molar-refractivity contribution is 6.39. The summed E-state index contributed by atoms with van der Waals surface area (Å²) in [6.45, 7) is 11.5. The lowest BCUT2D eigenvalue weighted by Gasteiger charge is -2.50. The number of nitrogens with zero attached hydrogens (tertiary/aromatic N) is 1. The molecule has 6 N–H and O–H groups in total. The SMILES string of the molecule is CO[C@H]1[C@@H](O)[C@H](C)C[C@H](C)/C=C/C=C/C=C(\C)[C@@H](c2c[nH]c3ccccc23)C[C@@H]2CC[C@@H](C)[C@@](O)(O2)C(=O)C(=O)N2CCC[C@@H]3C(C[C@@H]4CC[C@@H](O)[C@H](OC)C4)[C@H](C[C@H](O)[C@H](C)/C=C(\C)[C@H]1O)OC(=O)[C@H]32. The largest absolute Gasteiger partial charge is 0.460 e. The van der Waals surface area contributed by atoms with E-state index < -0.39 is 90.0 Å². The quantitative estimate of drug-likeness (QED) is 0.0997. The number of aliphatic hydroxyl groups is 5. The van der Waals surface area contributed by atoms with Gasteiger partial charge >= 0.3 is 5.97 Å². The molecule has 392 valence electrons. The first-order valence-corrected chi connectivity index (χ1v) is 26.4. The number of aromatic amines is 1. The summed E-state index contributed by atoms with van der Waals surface area (Å²) in [4.78, 5) is 48.6. The van der Waals surface area contributed by atoms with Crippen molar-refractivity contribution in [1.29, 1.82) is 0 Å². The van der Waals surface area contributed by atoms with Crippen molar-refractivity contribution in [3.63, 3.8) is 0 Å². The molecule has 1 aromatic carbocycles. The Bertz CT molecular complexity index is 2270. The highest BCUT2D eigenvalue weighted by Crippen LogP contribution is 2.46. The van der Waals surface area contributed by atoms with Gasteiger partial charge in [0, 0.05) is 68.0 Å². The fourth-order valence-electron chi connectivity index (χ4n) is 12.7. The average Bonchev–Trinajstić information content (AvgIpc) is 3.78. The number of para-hydroxylation sites is 1. The van der Waals surface area contributed by atoms with Gasteiger partial charge in [0.2, 0.25) is 5.79 Å². The van der Waals surface area contributed by atoms with Gasteiger partial charge in [-0.1, -0.05) is 87.9 Å². The molecule has 8 rings (SSSR count). The number of allylic oxidation sites excluding steroid dienone is 6. The number of carbonyl (C=O) groups excluding carboxylic acids is 3. The normalized spacial score (nSPS) is 42.2. The zero-order valence-corrected chi connectivity index (χ0v) is 43.2. The smallest absolute Gasteiger partial charge is 0.329 e. The lowest BCUT2D eigenvalue weighted by molar-refractivity contribution is -0.264. The van der Waals surface area contributed by atoms with E-state index in [9.17, 15) is 39.9 Å². The van der Waals surface area contributed by atoms with Crippen LogP contribution in [0.25, 0.3) is 10.9 Å². The molecular formula is C57H82N2O12. The lowest BCUT2D eigenvalue weighted by Crippen LogP contribution is -2.65. The number of methoxy groups -OCH3 is 2. The van der Waals surface area contributed by atoms with Crippen molar-refractivity contribution in [3.05, 3.63) is 83.6 Å². The van der Waals surface area contributed by atoms with E-state index in [1.807, 2.05) is 56.5 Å². The number of ketones is 1. The first-order chi connectivity index (χ1) is 33.9. The van der Waals surface area contributed by atoms with E-state index in [4.69, 9.17) is 18.9 Å². The summed E-state index contributed by atoms with van der Waals surface area (Å²) in [6.07, 6.45) is 13.0. The molecule has 1 unspecified atom stereocenters. The van der Waals surface area contributed by atoms with Crippen molar-refractivity contribution >= 4 is 28.6 Å². The minimum absolute atomic E-state index is 0.0747. The molecule has 6 bridgehead atoms. The number of aliphatic hydroxyl groups excluding tert-OH is 4. The minimum Gasteiger partial charge on any atom is -0.460 e. The van der Waals surface area contributed by atoms with Crippen LogP contribution < -0.4 is 0 Å². The number of carbonyl (C=O) groups is 3. The van der Waals surface area contributed by atoms with Crippen molar-refractivity contribution in [2.75, 3.05) is 20.8 Å². The molecule has 71 heavy (non-hydrogen) atoms. The molecule has 4 fully saturated rings. The molecule has 0 spiro atoms. The van der Waals surface area contributed by atoms with Gasteiger partial charge in [-0.15, -0.1) is 0 Å². The molecule has 14 heteroatoms. The topological polar surface area (TPSA) is 208 Å². The van der Waals surface area contributed by atoms with E-state index in [0.29, 0.717) is 69.8 Å². The molecule has 1 aromatic heterocycles. The predicted octanol–water partition coefficient (Wildman–Crippen LogP) is 7.23. The molecule has 18 atom stereocenters. The van der Waals surface area contributed by atoms with Gasteiger partial charge in [-0.05, 0) is 119 Å². The minimum atomic E-state index is -2.44. The monoisotopic (exact) mass is 987 g/mol. The standard InChI is InChI=1S/C57H82N2O12/c1-32-15-10-9-11-16-33(2)42(44-31-58-45-19-13-12-17-40(44)45)29-39-22-20-37(6)57(67,71-39)54(64)55(65)59-24-14-18-41-43(27-38-21-23-46(60)49(28-38)68-7)48(70-56(66)50(41)59)30-47(61)34(3)26-36(5)52(63)53(69-8)51(62)35(4)25-32/h9-13,15-17,19,26,31-32,34-35,37-39,41-43,46-53,58,60-63,67H,14,18,20-25,27-30H2,1-8H3/b11-9+,15-10+,33-16+,36-26+/t32-,34-,35-,37-,38+,39+,41-,42+,43?,46-,47+,48+,49-,50+,51+,52-,53+,57-/m1/s1. The van der Waals surface area contributed by atoms with Gasteiger partial charge in [0.25, 0.3) is 11.7 Å². The second-order valence-electron chi connectivity index (χ2n) is 22.0. The third kappa shape index (κ3) is 12.2. The van der Waals surface area contributed by atoms with Gasteiger partial charge in [-0.3, -0.25) is 9.59 Å². The fourth-order valence-corrected chi connectivity index (χ4v) is 12.7. The number of fused-ring (bicyclic) bond motifs is 17. The highest BCUT2D eigenvalue weighted by Gasteiger charge is 2.57. The number of esters is 1. The number of Topliss-reactive ketones (excluding diaryl/α,β-unsaturated/α-hetero) is 1. The number of amides is 1. The summed E-state index contributed by atoms with van der Waals surface area (Å²) >= 11 is 0. The summed E-state index contributed by atoms with van der Waals surface area (Å²) in [6, 6.07) is 6.96. The predicted molar refractivity (Wildman–Crippen MR) is 271 cm³/mol. The first-order valence-electron chi connectivity index (χ1n) is 26.4. The Kier molecular flexibility index (Phi) is 18.4. The lowest BCUT2D eigenvalue weighted by atomic mass is 9.67. The van der Waals surface area contributed by atoms with Crippen LogP contribution >= 0.6 is 0 Å². The summed E-state index contributed by atoms with van der Waals surface area (Å²) < 4.78 is 24.2. The molecule has 1 saturated carbocycles. The zero-order chi connectivity index (χ0) is 51.3. The van der Waals surface area contributed by atoms with Crippen LogP contribution in [0.3, 0.4) is 0 Å². The highest BCUT2D eigenvalue weighted by atomic mass is 16.6. The van der Waals surface area contributed by atoms with Crippen molar-refractivity contribution in [2.24, 2.45) is 41.4 Å². The Balaban J connectivity index is 1.24. The van der Waals surface area contributed by atoms with Gasteiger partial charge < -0.3 is 54.4 Å². The zero-order valence-electron chi connectivity index (χ0n) is 43.2. The van der Waals surface area contributed by atoms with Gasteiger partial charge in [-0.2, -0.15) is 0 Å². The molecule has 0 radical (unpaired) electrons. The van der Waals surface area contributed by atoms with Crippen LogP contribution in [0.1, 0.15) is 124 Å². The Morgan fingerprint density at radius 3 is 2.35 bits per heavy atom. The number of piperidine rings is 1. The van der Waals surface area contributed by atoms with E-state index in [2.05, 4.69) is 37.0 Å². The van der Waals surface area contributed by atoms with Crippen LogP contribution in [-0.2, 0) is 33.3 Å². The van der Waals surface area contributed by atoms with Crippen molar-refractivity contribution in [2.45, 2.75) is 179 Å². The third-order valence-corrected chi connectivity index (χ3v) is 17.1. The molecule has 6 aliphatic rings. The molecule has 2 aromatic rings. The summed E-state index contributed by atoms with van der Waals surface area (Å²) in [7, 11) is 3.06. The molecule has 5 aliphatic heterocycles. The van der Waals surface area contributed by atoms with Gasteiger partial charge in [0.15, 0.2) is 0 Å². The van der Waals surface area contributed by atoms with E-state index in [-0.39, 0.29) is 48.7 Å². The molecule has 1 aliphatic carbocycles. The maximum atomic E-state index is 14.8. The van der Waals surface area contributed by atoms with Crippen LogP contribution in [0.15, 0.2) is 78.1 Å². The van der Waals surface area contributed by atoms with Crippen molar-refractivity contribution < 1.29 is 58.9 Å². The second kappa shape index (κ2) is 23.9. The van der Waals surface area contributed by atoms with Crippen LogP contribution in [0.4, 0.5) is 0 Å². The maximum absolute atomic E-state index is 14.8. The van der Waals surface area contributed by atoms with Crippen molar-refractivity contribution in [1.82, 2.24) is 9.88 Å². The number of hydrogen-bond donors (Lipinski definition) is 6. The Morgan fingerprint density at radius 2 is 1.61 bits per heavy atom. The van der Waals surface area contributed by atoms with Gasteiger partial charge in [0.1, 0.15) is 24.4 Å². The molecule has 14 nitrogen and oxygen atoms in total. The molecule has 1 amide bonds. The number of benzene rings is 1. The fraction of sp³-hybridized carbons (Fsp3) is 0.667. The summed E-state index contributed by atoms with van der Waals surface area (Å²) in [5, 5.41) is 59.2. The van der Waals surface area contributed by atoms with Gasteiger partial charge in [0.05, 0.1) is 30.5 Å². The number of rotatable bonds is 5. The van der Waals surface area contributed by atoms with Crippen LogP contribution in [0.2, 0.25) is 0 Å². The molecule has 3 saturated heterocycles. The number of ether oxygens (including phenoxy) is 4. The van der Waals surface area contributed by atoms with Crippen LogP contribution in [0, 0.1) is 41.4 Å². The molecule has 6 heterocycles. The Hall–Kier alpha value is -3.99. The summed E-state index contributed by atoms with van der Waals surface area (Å²) in [5.74, 6) is -7.39. The van der Waals surface area contributed by atoms with Crippen LogP contribution in [-0.4, -0.2) is 135 Å². The number of nitrogens with one attached hydrogen (secondary N) is 1. The van der Waals surface area contributed by atoms with E-state index in [1.54, 1.807) is 27.0 Å². The van der Waals surface area contributed by atoms with E-state index >= 15 is 0 Å². The van der Waals surface area contributed by atoms with Crippen LogP contribution in [0.5, 0.6) is 0 Å².